The van der Waals surface area contributed by atoms with Gasteiger partial charge in [-0.05, 0) is 43.6 Å². The first-order chi connectivity index (χ1) is 9.81. The summed E-state index contributed by atoms with van der Waals surface area (Å²) >= 11 is 0. The molecule has 0 N–H and O–H groups in total. The lowest BCUT2D eigenvalue weighted by Crippen LogP contribution is -2.16. The van der Waals surface area contributed by atoms with Crippen molar-refractivity contribution in [2.75, 3.05) is 6.61 Å². The van der Waals surface area contributed by atoms with E-state index in [2.05, 4.69) is 72.8 Å². The Morgan fingerprint density at radius 1 is 1.14 bits per heavy atom. The summed E-state index contributed by atoms with van der Waals surface area (Å²) in [6.07, 6.45) is 6.71. The first kappa shape index (κ1) is 17.8. The van der Waals surface area contributed by atoms with Gasteiger partial charge in [-0.1, -0.05) is 64.5 Å². The average Bonchev–Trinajstić information content (AvgIpc) is 2.39. The number of hydrogen-bond acceptors (Lipinski definition) is 1. The standard InChI is InChI=1S/C20H32O/c1-8-10-11-12-16(4)17-13-15(3)14-18(20(5,6)7)19(17)21-9-2/h10-11,13-14,16H,8-9,12H2,1-7H3/b11-10-. The smallest absolute Gasteiger partial charge is 0.126 e. The predicted molar refractivity (Wildman–Crippen MR) is 93.5 cm³/mol. The van der Waals surface area contributed by atoms with Crippen molar-refractivity contribution in [3.05, 3.63) is 41.0 Å². The minimum Gasteiger partial charge on any atom is -0.493 e. The van der Waals surface area contributed by atoms with Crippen LogP contribution in [0.3, 0.4) is 0 Å². The Kier molecular flexibility index (Phi) is 6.51. The van der Waals surface area contributed by atoms with Crippen molar-refractivity contribution < 1.29 is 4.74 Å². The summed E-state index contributed by atoms with van der Waals surface area (Å²) in [5.41, 5.74) is 4.10. The lowest BCUT2D eigenvalue weighted by atomic mass is 9.82. The molecule has 0 bridgehead atoms. The number of hydrogen-bond donors (Lipinski definition) is 0. The van der Waals surface area contributed by atoms with E-state index in [0.717, 1.165) is 25.2 Å². The molecule has 21 heavy (non-hydrogen) atoms. The van der Waals surface area contributed by atoms with E-state index < -0.39 is 0 Å². The van der Waals surface area contributed by atoms with Gasteiger partial charge < -0.3 is 4.74 Å². The molecule has 1 aromatic carbocycles. The number of rotatable bonds is 6. The van der Waals surface area contributed by atoms with Crippen LogP contribution in [0, 0.1) is 6.92 Å². The molecule has 0 fully saturated rings. The fourth-order valence-electron chi connectivity index (χ4n) is 2.62. The van der Waals surface area contributed by atoms with Crippen LogP contribution >= 0.6 is 0 Å². The summed E-state index contributed by atoms with van der Waals surface area (Å²) in [5.74, 6) is 1.59. The first-order valence-electron chi connectivity index (χ1n) is 8.24. The lowest BCUT2D eigenvalue weighted by Gasteiger charge is -2.27. The maximum absolute atomic E-state index is 6.05. The number of ether oxygens (including phenoxy) is 1. The molecule has 0 spiro atoms. The second-order valence-electron chi connectivity index (χ2n) is 6.93. The molecule has 0 saturated carbocycles. The molecule has 0 aliphatic heterocycles. The SMILES string of the molecule is CC/C=C\CC(C)c1cc(C)cc(C(C)(C)C)c1OCC. The van der Waals surface area contributed by atoms with Crippen LogP contribution in [0.2, 0.25) is 0 Å². The van der Waals surface area contributed by atoms with E-state index >= 15 is 0 Å². The molecule has 0 aliphatic carbocycles. The van der Waals surface area contributed by atoms with Crippen LogP contribution in [-0.2, 0) is 5.41 Å². The lowest BCUT2D eigenvalue weighted by molar-refractivity contribution is 0.324. The Bertz CT molecular complexity index is 477. The molecule has 1 atom stereocenters. The van der Waals surface area contributed by atoms with Gasteiger partial charge in [-0.15, -0.1) is 0 Å². The molecular weight excluding hydrogens is 256 g/mol. The van der Waals surface area contributed by atoms with E-state index in [9.17, 15) is 0 Å². The third-order valence-corrected chi connectivity index (χ3v) is 3.78. The molecule has 0 amide bonds. The monoisotopic (exact) mass is 288 g/mol. The Morgan fingerprint density at radius 2 is 1.81 bits per heavy atom. The van der Waals surface area contributed by atoms with Crippen molar-refractivity contribution in [2.45, 2.75) is 72.6 Å². The zero-order valence-electron chi connectivity index (χ0n) is 14.9. The fraction of sp³-hybridized carbons (Fsp3) is 0.600. The molecule has 0 radical (unpaired) electrons. The van der Waals surface area contributed by atoms with Gasteiger partial charge in [0, 0.05) is 5.56 Å². The molecule has 0 aliphatic rings. The molecule has 1 aromatic rings. The quantitative estimate of drug-likeness (QED) is 0.570. The van der Waals surface area contributed by atoms with Crippen molar-refractivity contribution in [1.82, 2.24) is 0 Å². The van der Waals surface area contributed by atoms with Crippen LogP contribution in [0.15, 0.2) is 24.3 Å². The molecule has 1 nitrogen and oxygen atoms in total. The van der Waals surface area contributed by atoms with Crippen LogP contribution < -0.4 is 4.74 Å². The van der Waals surface area contributed by atoms with Crippen LogP contribution in [-0.4, -0.2) is 6.61 Å². The van der Waals surface area contributed by atoms with Crippen molar-refractivity contribution in [3.8, 4) is 5.75 Å². The molecule has 1 unspecified atom stereocenters. The second kappa shape index (κ2) is 7.68. The third-order valence-electron chi connectivity index (χ3n) is 3.78. The normalized spacial score (nSPS) is 13.7. The van der Waals surface area contributed by atoms with Gasteiger partial charge in [-0.3, -0.25) is 0 Å². The average molecular weight is 288 g/mol. The topological polar surface area (TPSA) is 9.23 Å². The molecule has 0 saturated heterocycles. The van der Waals surface area contributed by atoms with Gasteiger partial charge in [0.05, 0.1) is 6.61 Å². The summed E-state index contributed by atoms with van der Waals surface area (Å²) in [7, 11) is 0. The van der Waals surface area contributed by atoms with E-state index in [4.69, 9.17) is 4.74 Å². The number of allylic oxidation sites excluding steroid dienone is 2. The Hall–Kier alpha value is -1.24. The van der Waals surface area contributed by atoms with E-state index in [1.807, 2.05) is 0 Å². The zero-order chi connectivity index (χ0) is 16.0. The summed E-state index contributed by atoms with van der Waals surface area (Å²) in [6, 6.07) is 4.58. The van der Waals surface area contributed by atoms with Gasteiger partial charge in [0.2, 0.25) is 0 Å². The number of aryl methyl sites for hydroxylation is 1. The second-order valence-corrected chi connectivity index (χ2v) is 6.93. The van der Waals surface area contributed by atoms with Crippen LogP contribution in [0.5, 0.6) is 5.75 Å². The van der Waals surface area contributed by atoms with Crippen LogP contribution in [0.1, 0.15) is 77.0 Å². The van der Waals surface area contributed by atoms with Crippen LogP contribution in [0.25, 0.3) is 0 Å². The van der Waals surface area contributed by atoms with Crippen molar-refractivity contribution in [2.24, 2.45) is 0 Å². The highest BCUT2D eigenvalue weighted by Gasteiger charge is 2.23. The predicted octanol–water partition coefficient (Wildman–Crippen LogP) is 6.15. The number of benzene rings is 1. The molecule has 1 heteroatoms. The molecular formula is C20H32O. The van der Waals surface area contributed by atoms with Crippen molar-refractivity contribution in [1.29, 1.82) is 0 Å². The minimum atomic E-state index is 0.101. The summed E-state index contributed by atoms with van der Waals surface area (Å²) in [6.45, 7) is 16.2. The highest BCUT2D eigenvalue weighted by Crippen LogP contribution is 2.39. The van der Waals surface area contributed by atoms with Crippen LogP contribution in [0.4, 0.5) is 0 Å². The van der Waals surface area contributed by atoms with E-state index in [1.54, 1.807) is 0 Å². The van der Waals surface area contributed by atoms with E-state index in [0.29, 0.717) is 5.92 Å². The summed E-state index contributed by atoms with van der Waals surface area (Å²) < 4.78 is 6.05. The minimum absolute atomic E-state index is 0.101. The van der Waals surface area contributed by atoms with Gasteiger partial charge in [0.1, 0.15) is 5.75 Å². The first-order valence-corrected chi connectivity index (χ1v) is 8.24. The molecule has 0 heterocycles. The largest absolute Gasteiger partial charge is 0.493 e. The zero-order valence-corrected chi connectivity index (χ0v) is 14.9. The van der Waals surface area contributed by atoms with Crippen molar-refractivity contribution in [3.63, 3.8) is 0 Å². The Morgan fingerprint density at radius 3 is 2.33 bits per heavy atom. The summed E-state index contributed by atoms with van der Waals surface area (Å²) in [4.78, 5) is 0. The highest BCUT2D eigenvalue weighted by molar-refractivity contribution is 5.49. The van der Waals surface area contributed by atoms with Gasteiger partial charge >= 0.3 is 0 Å². The fourth-order valence-corrected chi connectivity index (χ4v) is 2.62. The van der Waals surface area contributed by atoms with Crippen molar-refractivity contribution >= 4 is 0 Å². The Balaban J connectivity index is 3.29. The summed E-state index contributed by atoms with van der Waals surface area (Å²) in [5, 5.41) is 0. The third kappa shape index (κ3) is 4.91. The Labute approximate surface area is 131 Å². The van der Waals surface area contributed by atoms with Gasteiger partial charge in [0.15, 0.2) is 0 Å². The van der Waals surface area contributed by atoms with Gasteiger partial charge in [0.25, 0.3) is 0 Å². The maximum atomic E-state index is 6.05. The molecule has 1 rings (SSSR count). The molecule has 118 valence electrons. The van der Waals surface area contributed by atoms with Gasteiger partial charge in [-0.25, -0.2) is 0 Å². The molecule has 0 aromatic heterocycles. The highest BCUT2D eigenvalue weighted by atomic mass is 16.5. The van der Waals surface area contributed by atoms with Gasteiger partial charge in [-0.2, -0.15) is 0 Å². The maximum Gasteiger partial charge on any atom is 0.126 e. The van der Waals surface area contributed by atoms with E-state index in [1.165, 1.54) is 16.7 Å². The van der Waals surface area contributed by atoms with E-state index in [-0.39, 0.29) is 5.41 Å².